The number of phenolic OH excluding ortho intramolecular Hbond substituents is 3. The van der Waals surface area contributed by atoms with E-state index in [1.165, 1.54) is 54.1 Å². The summed E-state index contributed by atoms with van der Waals surface area (Å²) >= 11 is 0. The molecule has 12 rings (SSSR count). The highest BCUT2D eigenvalue weighted by Crippen LogP contribution is 2.65. The van der Waals surface area contributed by atoms with Crippen LogP contribution in [0.25, 0.3) is 0 Å². The minimum atomic E-state index is -2.21. The third-order valence-electron chi connectivity index (χ3n) is 22.2. The lowest BCUT2D eigenvalue weighted by Gasteiger charge is -2.54. The molecule has 10 N–H and O–H groups in total. The lowest BCUT2D eigenvalue weighted by molar-refractivity contribution is -0.245. The molecule has 1 saturated heterocycles. The predicted octanol–water partition coefficient (Wildman–Crippen LogP) is 5.83. The molecule has 5 aromatic carbocycles. The monoisotopic (exact) mass is 1510 g/mol. The second-order valence-electron chi connectivity index (χ2n) is 29.2. The van der Waals surface area contributed by atoms with Crippen LogP contribution in [0, 0.1) is 17.3 Å². The summed E-state index contributed by atoms with van der Waals surface area (Å²) in [5, 5.41) is 91.5. The normalized spacial score (nSPS) is 24.9. The van der Waals surface area contributed by atoms with E-state index in [-0.39, 0.29) is 83.0 Å². The topological polar surface area (TPSA) is 388 Å². The molecule has 2 heterocycles. The Kier molecular flexibility index (Phi) is 27.5. The third-order valence-corrected chi connectivity index (χ3v) is 22.2. The lowest BCUT2D eigenvalue weighted by Crippen LogP contribution is -2.53. The Hall–Kier alpha value is -8.08. The van der Waals surface area contributed by atoms with E-state index in [1.54, 1.807) is 23.7 Å². The number of aromatic hydroxyl groups is 3. The van der Waals surface area contributed by atoms with Crippen LogP contribution in [-0.2, 0) is 68.6 Å². The maximum atomic E-state index is 14.2. The summed E-state index contributed by atoms with van der Waals surface area (Å²) in [6.45, 7) is 11.4. The van der Waals surface area contributed by atoms with Crippen LogP contribution >= 0.6 is 0 Å². The molecule has 6 aromatic rings. The van der Waals surface area contributed by atoms with Crippen LogP contribution in [0.2, 0.25) is 0 Å². The van der Waals surface area contributed by atoms with Gasteiger partial charge in [-0.3, -0.25) is 14.4 Å². The number of carbonyl (C=O) groups is 3. The molecule has 5 aliphatic carbocycles. The van der Waals surface area contributed by atoms with Crippen molar-refractivity contribution in [2.45, 2.75) is 133 Å². The number of ether oxygens (including phenoxy) is 12. The quantitative estimate of drug-likeness (QED) is 0.00946. The van der Waals surface area contributed by atoms with Gasteiger partial charge in [0.1, 0.15) is 59.0 Å². The molecule has 29 heteroatoms. The van der Waals surface area contributed by atoms with E-state index in [9.17, 15) is 50.1 Å². The van der Waals surface area contributed by atoms with Gasteiger partial charge in [-0.25, -0.2) is 10.1 Å². The molecular weight excluding hydrogens is 1410 g/mol. The van der Waals surface area contributed by atoms with E-state index in [2.05, 4.69) is 70.0 Å². The Morgan fingerprint density at radius 3 is 2.08 bits per heavy atom. The number of aliphatic hydroxyl groups is 4. The van der Waals surface area contributed by atoms with Gasteiger partial charge in [-0.05, 0) is 146 Å². The van der Waals surface area contributed by atoms with Gasteiger partial charge >= 0.3 is 0 Å². The van der Waals surface area contributed by atoms with Crippen molar-refractivity contribution in [2.24, 2.45) is 28.1 Å². The number of aryl methyl sites for hydroxylation is 1. The average Bonchev–Trinajstić information content (AvgIpc) is 1.63. The number of amides is 1. The number of aliphatic hydroxyl groups excluding tert-OH is 3. The van der Waals surface area contributed by atoms with Crippen molar-refractivity contribution in [1.82, 2.24) is 25.3 Å². The molecule has 3 fully saturated rings. The van der Waals surface area contributed by atoms with Crippen molar-refractivity contribution in [3.8, 4) is 34.5 Å². The largest absolute Gasteiger partial charge is 0.508 e. The molecule has 6 aliphatic rings. The fourth-order valence-electron chi connectivity index (χ4n) is 16.5. The molecule has 2 saturated carbocycles. The highest BCUT2D eigenvalue weighted by Gasteiger charge is 2.58. The summed E-state index contributed by atoms with van der Waals surface area (Å²) in [5.41, 5.74) is 9.13. The molecular formula is C80H103N7O22. The number of ketones is 2. The first-order chi connectivity index (χ1) is 52.8. The van der Waals surface area contributed by atoms with Gasteiger partial charge in [-0.1, -0.05) is 42.5 Å². The molecule has 1 amide bonds. The number of hydrogen-bond donors (Lipinski definition) is 9. The van der Waals surface area contributed by atoms with E-state index < -0.39 is 95.8 Å². The summed E-state index contributed by atoms with van der Waals surface area (Å²) in [7, 11) is 3.38. The summed E-state index contributed by atoms with van der Waals surface area (Å²) in [6, 6.07) is 24.2. The van der Waals surface area contributed by atoms with Crippen molar-refractivity contribution in [2.75, 3.05) is 133 Å². The van der Waals surface area contributed by atoms with Gasteiger partial charge < -0.3 is 103 Å². The van der Waals surface area contributed by atoms with Gasteiger partial charge in [0, 0.05) is 60.6 Å². The number of nitrogens with zero attached hydrogens (tertiary/aromatic N) is 5. The molecule has 1 aromatic heterocycles. The third kappa shape index (κ3) is 18.9. The second-order valence-corrected chi connectivity index (χ2v) is 29.2. The van der Waals surface area contributed by atoms with Crippen molar-refractivity contribution in [1.29, 1.82) is 0 Å². The molecule has 0 bridgehead atoms. The Morgan fingerprint density at radius 1 is 0.752 bits per heavy atom. The average molecular weight is 1510 g/mol. The number of methoxy groups -OCH3 is 1. The van der Waals surface area contributed by atoms with Gasteiger partial charge in [0.05, 0.1) is 166 Å². The number of fused-ring (bicyclic) bond motifs is 8. The SMILES string of the molecule is COc1cccc2c1C(=O)c1c(O)c3c(c(O)c1C2=O)C[C@@](O)(/C(CO)=N/NC(=O)c1ccc(OCCOCCOCCOCCOCc2cn(CCOCCOCCOCCN(C)CCOc4ccc([C@H]5C[C@]6(C)[C@@H](O)CC[C@H]6[C@@H]6CCc7cc(O)ccc7[C@H]65)cc4)nn2)cc1)C[C@@H]3O[C@H]1C[C@H](N)[C@H](O)[C@H](C)O1. The number of benzene rings is 5. The number of carbonyl (C=O) groups excluding carboxylic acids is 3. The fourth-order valence-corrected chi connectivity index (χ4v) is 16.5. The molecule has 590 valence electrons. The minimum Gasteiger partial charge on any atom is -0.508 e. The summed E-state index contributed by atoms with van der Waals surface area (Å²) in [4.78, 5) is 43.8. The van der Waals surface area contributed by atoms with Crippen molar-refractivity contribution in [3.05, 3.63) is 152 Å². The number of nitrogens with two attached hydrogens (primary N) is 1. The number of phenols is 3. The summed E-state index contributed by atoms with van der Waals surface area (Å²) < 4.78 is 71.1. The number of likely N-dealkylation sites (N-methyl/N-ethyl adjacent to an activating group) is 1. The maximum absolute atomic E-state index is 14.2. The van der Waals surface area contributed by atoms with E-state index in [0.29, 0.717) is 127 Å². The number of rotatable bonds is 39. The van der Waals surface area contributed by atoms with Crippen LogP contribution in [0.15, 0.2) is 96.2 Å². The molecule has 0 spiro atoms. The highest BCUT2D eigenvalue weighted by atomic mass is 16.7. The molecule has 0 unspecified atom stereocenters. The number of aromatic nitrogens is 3. The highest BCUT2D eigenvalue weighted by molar-refractivity contribution is 6.31. The Labute approximate surface area is 633 Å². The van der Waals surface area contributed by atoms with Crippen LogP contribution in [0.3, 0.4) is 0 Å². The van der Waals surface area contributed by atoms with Gasteiger partial charge in [-0.2, -0.15) is 5.10 Å². The van der Waals surface area contributed by atoms with Crippen LogP contribution in [-0.4, -0.2) is 248 Å². The summed E-state index contributed by atoms with van der Waals surface area (Å²) in [6.07, 6.45) is 1.08. The van der Waals surface area contributed by atoms with Crippen LogP contribution in [0.5, 0.6) is 34.5 Å². The van der Waals surface area contributed by atoms with Gasteiger partial charge in [0.2, 0.25) is 5.78 Å². The zero-order chi connectivity index (χ0) is 76.8. The van der Waals surface area contributed by atoms with Crippen LogP contribution in [0.1, 0.15) is 146 Å². The number of nitrogens with one attached hydrogen (secondary N) is 1. The predicted molar refractivity (Wildman–Crippen MR) is 394 cm³/mol. The molecule has 1 aliphatic heterocycles. The van der Waals surface area contributed by atoms with Crippen molar-refractivity contribution < 1.29 is 107 Å². The molecule has 0 radical (unpaired) electrons. The Morgan fingerprint density at radius 2 is 1.39 bits per heavy atom. The summed E-state index contributed by atoms with van der Waals surface area (Å²) in [5.74, 6) is -0.350. The van der Waals surface area contributed by atoms with Crippen LogP contribution in [0.4, 0.5) is 0 Å². The minimum absolute atomic E-state index is 0.0354. The number of hydrogen-bond acceptors (Lipinski definition) is 27. The van der Waals surface area contributed by atoms with E-state index >= 15 is 0 Å². The van der Waals surface area contributed by atoms with Crippen LogP contribution < -0.4 is 25.4 Å². The first-order valence-electron chi connectivity index (χ1n) is 37.7. The van der Waals surface area contributed by atoms with Crippen molar-refractivity contribution >= 4 is 23.2 Å². The van der Waals surface area contributed by atoms with E-state index in [0.717, 1.165) is 50.9 Å². The first kappa shape index (κ1) is 80.4. The first-order valence-corrected chi connectivity index (χ1v) is 37.7. The molecule has 109 heavy (non-hydrogen) atoms. The fraction of sp³-hybridized carbons (Fsp3) is 0.550. The molecule has 29 nitrogen and oxygen atoms in total. The zero-order valence-corrected chi connectivity index (χ0v) is 62.3. The van der Waals surface area contributed by atoms with E-state index in [1.807, 2.05) is 18.3 Å². The zero-order valence-electron chi connectivity index (χ0n) is 62.3. The molecule has 12 atom stereocenters. The smallest absolute Gasteiger partial charge is 0.271 e. The number of hydrazone groups is 1. The Bertz CT molecular complexity index is 4080. The van der Waals surface area contributed by atoms with E-state index in [4.69, 9.17) is 62.6 Å². The Balaban J connectivity index is 0.464. The standard InChI is InChI=1S/C80H103N7O22/c1-48-73(91)62(81)41-67(108-48)109-64-44-80(97,43-60-70(64)77(95)72-71(75(60)93)74(92)58-6-5-7-63(98-4)69(58)76(72)94)65(46-88)83-84-78(96)50-10-16-55(17-11-50)107-39-38-104-35-34-102-32-33-103-36-37-105-47-52-45-87(85-82-52)24-26-100-29-31-101-30-28-99-25-22-86(3)23-27-106-54-14-8-49(9-15-54)59-42-79(2)61(20-21-66(79)90)57-18-12-51-40-53(89)13-19-56(51)68(57)59/h5-11,13-17,19,40,45,48,57,59,61-62,64,66-68,73,88-91,93,95,97H,12,18,20-39,41-44,46-47,81H2,1-4H3,(H,84,96)/b83-65+/t48-,57-,59+,61-,62-,64-,66-,67-,68+,73+,79-,80-/m0/s1. The van der Waals surface area contributed by atoms with Crippen molar-refractivity contribution in [3.63, 3.8) is 0 Å². The van der Waals surface area contributed by atoms with Gasteiger partial charge in [0.15, 0.2) is 12.1 Å². The van der Waals surface area contributed by atoms with Gasteiger partial charge in [0.25, 0.3) is 5.91 Å². The second kappa shape index (κ2) is 37.3. The lowest BCUT2D eigenvalue weighted by atomic mass is 9.51. The maximum Gasteiger partial charge on any atom is 0.271 e. The van der Waals surface area contributed by atoms with Gasteiger partial charge in [-0.15, -0.1) is 5.10 Å².